The number of benzene rings is 1. The first kappa shape index (κ1) is 17.2. The summed E-state index contributed by atoms with van der Waals surface area (Å²) in [6, 6.07) is 8.51. The smallest absolute Gasteiger partial charge is 0.0815 e. The molecular weight excluding hydrogens is 248 g/mol. The molecule has 114 valence electrons. The van der Waals surface area contributed by atoms with Crippen molar-refractivity contribution >= 4 is 0 Å². The number of aliphatic hydroxyl groups is 1. The van der Waals surface area contributed by atoms with E-state index in [9.17, 15) is 5.11 Å². The van der Waals surface area contributed by atoms with E-state index in [4.69, 9.17) is 5.73 Å². The van der Waals surface area contributed by atoms with Crippen molar-refractivity contribution in [1.82, 2.24) is 5.32 Å². The van der Waals surface area contributed by atoms with Gasteiger partial charge in [0, 0.05) is 18.1 Å². The van der Waals surface area contributed by atoms with Crippen LogP contribution >= 0.6 is 0 Å². The quantitative estimate of drug-likeness (QED) is 0.685. The third kappa shape index (κ3) is 4.30. The molecule has 0 spiro atoms. The summed E-state index contributed by atoms with van der Waals surface area (Å²) in [4.78, 5) is 0. The Morgan fingerprint density at radius 3 is 2.55 bits per heavy atom. The minimum absolute atomic E-state index is 0.125. The van der Waals surface area contributed by atoms with Gasteiger partial charge in [0.05, 0.1) is 6.10 Å². The molecule has 0 heterocycles. The molecule has 3 unspecified atom stereocenters. The molecule has 0 bridgehead atoms. The van der Waals surface area contributed by atoms with Crippen LogP contribution in [-0.2, 0) is 12.0 Å². The van der Waals surface area contributed by atoms with Crippen molar-refractivity contribution < 1.29 is 5.11 Å². The number of nitrogens with two attached hydrogens (primary N) is 1. The van der Waals surface area contributed by atoms with Crippen molar-refractivity contribution in [2.45, 2.75) is 64.6 Å². The van der Waals surface area contributed by atoms with Gasteiger partial charge in [0.25, 0.3) is 0 Å². The van der Waals surface area contributed by atoms with Crippen LogP contribution in [-0.4, -0.2) is 23.8 Å². The first-order valence-electron chi connectivity index (χ1n) is 7.74. The summed E-state index contributed by atoms with van der Waals surface area (Å²) in [5, 5.41) is 13.5. The van der Waals surface area contributed by atoms with Crippen molar-refractivity contribution in [2.24, 2.45) is 5.73 Å². The zero-order valence-corrected chi connectivity index (χ0v) is 13.3. The van der Waals surface area contributed by atoms with Crippen LogP contribution in [0.15, 0.2) is 24.3 Å². The highest BCUT2D eigenvalue weighted by Crippen LogP contribution is 2.25. The van der Waals surface area contributed by atoms with Gasteiger partial charge in [-0.3, -0.25) is 0 Å². The number of aliphatic hydroxyl groups excluding tert-OH is 1. The van der Waals surface area contributed by atoms with Crippen LogP contribution in [0.2, 0.25) is 0 Å². The number of rotatable bonds is 8. The summed E-state index contributed by atoms with van der Waals surface area (Å²) >= 11 is 0. The van der Waals surface area contributed by atoms with E-state index in [0.717, 1.165) is 19.3 Å². The van der Waals surface area contributed by atoms with Crippen LogP contribution < -0.4 is 11.1 Å². The predicted octanol–water partition coefficient (Wildman–Crippen LogP) is 2.56. The fourth-order valence-electron chi connectivity index (χ4n) is 2.32. The first-order chi connectivity index (χ1) is 9.46. The second kappa shape index (κ2) is 7.77. The number of aryl methyl sites for hydroxylation is 1. The lowest BCUT2D eigenvalue weighted by Crippen LogP contribution is -2.48. The summed E-state index contributed by atoms with van der Waals surface area (Å²) in [5.41, 5.74) is 8.37. The lowest BCUT2D eigenvalue weighted by atomic mass is 9.87. The monoisotopic (exact) mass is 278 g/mol. The molecule has 0 aliphatic heterocycles. The van der Waals surface area contributed by atoms with E-state index < -0.39 is 6.10 Å². The molecule has 3 atom stereocenters. The van der Waals surface area contributed by atoms with Gasteiger partial charge in [-0.15, -0.1) is 0 Å². The van der Waals surface area contributed by atoms with Crippen LogP contribution in [0.3, 0.4) is 0 Å². The van der Waals surface area contributed by atoms with Crippen LogP contribution in [0.4, 0.5) is 0 Å². The summed E-state index contributed by atoms with van der Waals surface area (Å²) in [6.45, 7) is 9.04. The summed E-state index contributed by atoms with van der Waals surface area (Å²) in [7, 11) is 0. The molecule has 1 rings (SSSR count). The predicted molar refractivity (Wildman–Crippen MR) is 85.7 cm³/mol. The van der Waals surface area contributed by atoms with Crippen molar-refractivity contribution in [2.75, 3.05) is 6.54 Å². The molecular formula is C17H30N2O. The van der Waals surface area contributed by atoms with Crippen LogP contribution in [0.1, 0.15) is 51.7 Å². The normalized spacial score (nSPS) is 17.5. The Balaban J connectivity index is 2.80. The highest BCUT2D eigenvalue weighted by Gasteiger charge is 2.25. The number of hydrogen-bond donors (Lipinski definition) is 3. The van der Waals surface area contributed by atoms with E-state index >= 15 is 0 Å². The molecule has 1 aromatic rings. The van der Waals surface area contributed by atoms with Crippen LogP contribution in [0.25, 0.3) is 0 Å². The Bertz CT molecular complexity index is 408. The maximum absolute atomic E-state index is 10.0. The van der Waals surface area contributed by atoms with Gasteiger partial charge in [-0.25, -0.2) is 0 Å². The second-order valence-electron chi connectivity index (χ2n) is 5.76. The van der Waals surface area contributed by atoms with Crippen molar-refractivity contribution in [3.63, 3.8) is 0 Å². The Labute approximate surface area is 123 Å². The van der Waals surface area contributed by atoms with Gasteiger partial charge in [-0.05, 0) is 37.3 Å². The fourth-order valence-corrected chi connectivity index (χ4v) is 2.32. The molecule has 3 nitrogen and oxygen atoms in total. The lowest BCUT2D eigenvalue weighted by molar-refractivity contribution is 0.127. The maximum Gasteiger partial charge on any atom is 0.0815 e. The Morgan fingerprint density at radius 1 is 1.30 bits per heavy atom. The van der Waals surface area contributed by atoms with Gasteiger partial charge in [0.15, 0.2) is 0 Å². The number of nitrogens with one attached hydrogen (secondary N) is 1. The molecule has 20 heavy (non-hydrogen) atoms. The zero-order valence-electron chi connectivity index (χ0n) is 13.3. The lowest BCUT2D eigenvalue weighted by Gasteiger charge is -2.33. The minimum atomic E-state index is -0.500. The Hall–Kier alpha value is -0.900. The third-order valence-electron chi connectivity index (χ3n) is 4.35. The molecule has 0 saturated carbocycles. The van der Waals surface area contributed by atoms with Gasteiger partial charge < -0.3 is 16.2 Å². The van der Waals surface area contributed by atoms with Gasteiger partial charge >= 0.3 is 0 Å². The van der Waals surface area contributed by atoms with Gasteiger partial charge in [0.1, 0.15) is 0 Å². The average Bonchev–Trinajstić information content (AvgIpc) is 2.51. The largest absolute Gasteiger partial charge is 0.390 e. The molecule has 3 heteroatoms. The zero-order chi connectivity index (χ0) is 15.2. The average molecular weight is 278 g/mol. The van der Waals surface area contributed by atoms with Gasteiger partial charge in [-0.1, -0.05) is 45.0 Å². The first-order valence-corrected chi connectivity index (χ1v) is 7.74. The summed E-state index contributed by atoms with van der Waals surface area (Å²) in [5.74, 6) is 0. The van der Waals surface area contributed by atoms with E-state index in [1.807, 2.05) is 6.92 Å². The Morgan fingerprint density at radius 2 is 2.00 bits per heavy atom. The van der Waals surface area contributed by atoms with E-state index in [-0.39, 0.29) is 11.6 Å². The number of hydrogen-bond acceptors (Lipinski definition) is 3. The van der Waals surface area contributed by atoms with E-state index in [1.54, 1.807) is 0 Å². The van der Waals surface area contributed by atoms with E-state index in [1.165, 1.54) is 11.1 Å². The van der Waals surface area contributed by atoms with Gasteiger partial charge in [-0.2, -0.15) is 0 Å². The van der Waals surface area contributed by atoms with Crippen LogP contribution in [0, 0.1) is 0 Å². The third-order valence-corrected chi connectivity index (χ3v) is 4.35. The van der Waals surface area contributed by atoms with Gasteiger partial charge in [0.2, 0.25) is 0 Å². The fraction of sp³-hybridized carbons (Fsp3) is 0.647. The van der Waals surface area contributed by atoms with Crippen molar-refractivity contribution in [1.29, 1.82) is 0 Å². The van der Waals surface area contributed by atoms with E-state index in [0.29, 0.717) is 6.54 Å². The SMILES string of the molecule is CCc1cccc(C(C)(CC)NCC(O)C(N)CC)c1. The van der Waals surface area contributed by atoms with Crippen molar-refractivity contribution in [3.05, 3.63) is 35.4 Å². The molecule has 0 amide bonds. The molecule has 4 N–H and O–H groups in total. The van der Waals surface area contributed by atoms with Crippen molar-refractivity contribution in [3.8, 4) is 0 Å². The molecule has 0 fully saturated rings. The highest BCUT2D eigenvalue weighted by molar-refractivity contribution is 5.29. The summed E-state index contributed by atoms with van der Waals surface area (Å²) < 4.78 is 0. The molecule has 0 aliphatic rings. The topological polar surface area (TPSA) is 58.3 Å². The molecule has 0 saturated heterocycles. The highest BCUT2D eigenvalue weighted by atomic mass is 16.3. The van der Waals surface area contributed by atoms with Crippen LogP contribution in [0.5, 0.6) is 0 Å². The standard InChI is InChI=1S/C17H30N2O/c1-5-13-9-8-10-14(11-13)17(4,7-3)19-12-16(20)15(18)6-2/h8-11,15-16,19-20H,5-7,12,18H2,1-4H3. The summed E-state index contributed by atoms with van der Waals surface area (Å²) in [6.07, 6.45) is 2.29. The molecule has 0 aliphatic carbocycles. The Kier molecular flexibility index (Phi) is 6.66. The maximum atomic E-state index is 10.0. The van der Waals surface area contributed by atoms with E-state index in [2.05, 4.69) is 50.4 Å². The molecule has 0 aromatic heterocycles. The second-order valence-corrected chi connectivity index (χ2v) is 5.76. The molecule has 1 aromatic carbocycles. The molecule has 0 radical (unpaired) electrons. The minimum Gasteiger partial charge on any atom is -0.390 e.